The molecule has 21 heavy (non-hydrogen) atoms. The maximum atomic E-state index is 14.5. The fourth-order valence-electron chi connectivity index (χ4n) is 2.60. The number of halogens is 3. The molecule has 0 heterocycles. The lowest BCUT2D eigenvalue weighted by molar-refractivity contribution is 0.555. The Balaban J connectivity index is 2.59. The third-order valence-corrected chi connectivity index (χ3v) is 4.01. The molecule has 0 aliphatic carbocycles. The monoisotopic (exact) mass is 325 g/mol. The van der Waals surface area contributed by atoms with Gasteiger partial charge >= 0.3 is 0 Å². The normalized spacial score (nSPS) is 12.5. The molecule has 1 N–H and O–H groups in total. The quantitative estimate of drug-likeness (QED) is 0.788. The van der Waals surface area contributed by atoms with Crippen molar-refractivity contribution < 1.29 is 4.39 Å². The van der Waals surface area contributed by atoms with Crippen molar-refractivity contribution in [1.82, 2.24) is 5.32 Å². The lowest BCUT2D eigenvalue weighted by Gasteiger charge is -2.23. The summed E-state index contributed by atoms with van der Waals surface area (Å²) < 4.78 is 14.5. The summed E-state index contributed by atoms with van der Waals surface area (Å²) in [5.41, 5.74) is 3.27. The molecular weight excluding hydrogens is 308 g/mol. The van der Waals surface area contributed by atoms with Crippen LogP contribution in [0.25, 0.3) is 0 Å². The molecule has 1 atom stereocenters. The van der Waals surface area contributed by atoms with Gasteiger partial charge in [-0.3, -0.25) is 0 Å². The molecule has 2 aromatic carbocycles. The minimum atomic E-state index is -0.291. The minimum absolute atomic E-state index is 0.218. The summed E-state index contributed by atoms with van der Waals surface area (Å²) in [7, 11) is 0. The molecular formula is C17H18Cl2FN. The second-order valence-corrected chi connectivity index (χ2v) is 5.98. The van der Waals surface area contributed by atoms with E-state index in [4.69, 9.17) is 23.2 Å². The van der Waals surface area contributed by atoms with E-state index in [2.05, 4.69) is 5.32 Å². The van der Waals surface area contributed by atoms with Gasteiger partial charge in [0.05, 0.1) is 6.04 Å². The first kappa shape index (κ1) is 16.3. The maximum Gasteiger partial charge on any atom is 0.128 e. The zero-order valence-electron chi connectivity index (χ0n) is 12.3. The van der Waals surface area contributed by atoms with Gasteiger partial charge in [-0.25, -0.2) is 4.39 Å². The van der Waals surface area contributed by atoms with E-state index in [1.807, 2.05) is 32.9 Å². The van der Waals surface area contributed by atoms with Crippen LogP contribution in [0.2, 0.25) is 10.0 Å². The predicted octanol–water partition coefficient (Wildman–Crippen LogP) is 5.45. The van der Waals surface area contributed by atoms with Gasteiger partial charge in [-0.1, -0.05) is 42.3 Å². The van der Waals surface area contributed by atoms with Gasteiger partial charge in [0.15, 0.2) is 0 Å². The molecule has 0 aliphatic heterocycles. The molecule has 0 fully saturated rings. The van der Waals surface area contributed by atoms with E-state index in [1.54, 1.807) is 18.2 Å². The molecule has 1 unspecified atom stereocenters. The first-order chi connectivity index (χ1) is 9.93. The van der Waals surface area contributed by atoms with Gasteiger partial charge in [0, 0.05) is 15.6 Å². The van der Waals surface area contributed by atoms with Crippen LogP contribution in [0.3, 0.4) is 0 Å². The smallest absolute Gasteiger partial charge is 0.128 e. The molecule has 0 aliphatic rings. The third-order valence-electron chi connectivity index (χ3n) is 3.45. The van der Waals surface area contributed by atoms with E-state index < -0.39 is 0 Å². The lowest BCUT2D eigenvalue weighted by atomic mass is 9.93. The van der Waals surface area contributed by atoms with Crippen molar-refractivity contribution >= 4 is 23.2 Å². The molecule has 0 amide bonds. The van der Waals surface area contributed by atoms with Crippen LogP contribution in [-0.4, -0.2) is 6.54 Å². The molecule has 0 saturated carbocycles. The summed E-state index contributed by atoms with van der Waals surface area (Å²) in [5.74, 6) is -0.218. The molecule has 112 valence electrons. The highest BCUT2D eigenvalue weighted by atomic mass is 35.5. The Bertz CT molecular complexity index is 632. The topological polar surface area (TPSA) is 12.0 Å². The third kappa shape index (κ3) is 3.57. The molecule has 2 rings (SSSR count). The van der Waals surface area contributed by atoms with Crippen LogP contribution in [0.1, 0.15) is 35.2 Å². The Morgan fingerprint density at radius 1 is 1.14 bits per heavy atom. The van der Waals surface area contributed by atoms with Crippen molar-refractivity contribution in [2.75, 3.05) is 6.54 Å². The Morgan fingerprint density at radius 3 is 2.43 bits per heavy atom. The van der Waals surface area contributed by atoms with Gasteiger partial charge in [-0.2, -0.15) is 0 Å². The second-order valence-electron chi connectivity index (χ2n) is 5.13. The highest BCUT2D eigenvalue weighted by Crippen LogP contribution is 2.33. The number of hydrogen-bond acceptors (Lipinski definition) is 1. The number of nitrogens with one attached hydrogen (secondary N) is 1. The zero-order chi connectivity index (χ0) is 15.6. The fraction of sp³-hybridized carbons (Fsp3) is 0.294. The first-order valence-electron chi connectivity index (χ1n) is 6.89. The van der Waals surface area contributed by atoms with Gasteiger partial charge in [0.25, 0.3) is 0 Å². The van der Waals surface area contributed by atoms with Crippen LogP contribution in [0, 0.1) is 19.7 Å². The van der Waals surface area contributed by atoms with Crippen LogP contribution in [0.4, 0.5) is 4.39 Å². The minimum Gasteiger partial charge on any atom is -0.306 e. The average molecular weight is 326 g/mol. The van der Waals surface area contributed by atoms with E-state index >= 15 is 0 Å². The van der Waals surface area contributed by atoms with Crippen molar-refractivity contribution in [2.24, 2.45) is 0 Å². The van der Waals surface area contributed by atoms with Gasteiger partial charge in [0.1, 0.15) is 5.82 Å². The van der Waals surface area contributed by atoms with Gasteiger partial charge in [-0.15, -0.1) is 0 Å². The summed E-state index contributed by atoms with van der Waals surface area (Å²) in [6.45, 7) is 6.49. The molecule has 0 bridgehead atoms. The van der Waals surface area contributed by atoms with Crippen molar-refractivity contribution in [3.63, 3.8) is 0 Å². The molecule has 0 aromatic heterocycles. The van der Waals surface area contributed by atoms with Crippen LogP contribution in [0.15, 0.2) is 30.3 Å². The molecule has 2 aromatic rings. The highest BCUT2D eigenvalue weighted by molar-refractivity contribution is 6.35. The molecule has 0 spiro atoms. The lowest BCUT2D eigenvalue weighted by Crippen LogP contribution is -2.24. The van der Waals surface area contributed by atoms with Crippen molar-refractivity contribution in [3.8, 4) is 0 Å². The number of rotatable bonds is 4. The van der Waals surface area contributed by atoms with E-state index in [1.165, 1.54) is 0 Å². The molecule has 0 saturated heterocycles. The second kappa shape index (κ2) is 6.78. The molecule has 4 heteroatoms. The Labute approximate surface area is 135 Å². The van der Waals surface area contributed by atoms with Gasteiger partial charge < -0.3 is 5.32 Å². The Hall–Kier alpha value is -1.09. The summed E-state index contributed by atoms with van der Waals surface area (Å²) in [4.78, 5) is 0. The number of benzene rings is 2. The number of hydrogen-bond donors (Lipinski definition) is 1. The zero-order valence-corrected chi connectivity index (χ0v) is 13.8. The summed E-state index contributed by atoms with van der Waals surface area (Å²) in [5, 5.41) is 4.41. The number of aryl methyl sites for hydroxylation is 2. The summed E-state index contributed by atoms with van der Waals surface area (Å²) in [6.07, 6.45) is 0. The van der Waals surface area contributed by atoms with E-state index in [9.17, 15) is 4.39 Å². The summed E-state index contributed by atoms with van der Waals surface area (Å²) in [6, 6.07) is 8.54. The van der Waals surface area contributed by atoms with E-state index in [-0.39, 0.29) is 11.9 Å². The average Bonchev–Trinajstić information content (AvgIpc) is 2.37. The summed E-state index contributed by atoms with van der Waals surface area (Å²) >= 11 is 12.2. The standard InChI is InChI=1S/C17H18Cl2FN/c1-4-21-17(13-6-5-12(18)9-14(13)19)16-11(3)7-10(2)8-15(16)20/h5-9,17,21H,4H2,1-3H3. The largest absolute Gasteiger partial charge is 0.306 e. The van der Waals surface area contributed by atoms with Crippen LogP contribution >= 0.6 is 23.2 Å². The van der Waals surface area contributed by atoms with Gasteiger partial charge in [-0.05, 0) is 55.3 Å². The van der Waals surface area contributed by atoms with Crippen molar-refractivity contribution in [1.29, 1.82) is 0 Å². The predicted molar refractivity (Wildman–Crippen MR) is 87.9 cm³/mol. The van der Waals surface area contributed by atoms with Crippen LogP contribution < -0.4 is 5.32 Å². The SMILES string of the molecule is CCNC(c1ccc(Cl)cc1Cl)c1c(C)cc(C)cc1F. The van der Waals surface area contributed by atoms with E-state index in [0.29, 0.717) is 22.2 Å². The van der Waals surface area contributed by atoms with Crippen LogP contribution in [-0.2, 0) is 0 Å². The molecule has 0 radical (unpaired) electrons. The van der Waals surface area contributed by atoms with Crippen molar-refractivity contribution in [2.45, 2.75) is 26.8 Å². The van der Waals surface area contributed by atoms with Gasteiger partial charge in [0.2, 0.25) is 0 Å². The first-order valence-corrected chi connectivity index (χ1v) is 7.64. The van der Waals surface area contributed by atoms with Crippen LogP contribution in [0.5, 0.6) is 0 Å². The highest BCUT2D eigenvalue weighted by Gasteiger charge is 2.22. The maximum absolute atomic E-state index is 14.5. The molecule has 1 nitrogen and oxygen atoms in total. The Kier molecular flexibility index (Phi) is 5.26. The fourth-order valence-corrected chi connectivity index (χ4v) is 3.12. The van der Waals surface area contributed by atoms with E-state index in [0.717, 1.165) is 16.7 Å². The Morgan fingerprint density at radius 2 is 1.86 bits per heavy atom. The van der Waals surface area contributed by atoms with Crippen molar-refractivity contribution in [3.05, 3.63) is 68.4 Å².